The van der Waals surface area contributed by atoms with Crippen molar-refractivity contribution in [3.8, 4) is 10.4 Å². The van der Waals surface area contributed by atoms with Gasteiger partial charge >= 0.3 is 0 Å². The highest BCUT2D eigenvalue weighted by molar-refractivity contribution is 7.13. The van der Waals surface area contributed by atoms with Gasteiger partial charge < -0.3 is 9.88 Å². The molecule has 2 aromatic heterocycles. The van der Waals surface area contributed by atoms with Gasteiger partial charge in [0.05, 0.1) is 6.54 Å². The van der Waals surface area contributed by atoms with Crippen LogP contribution in [0.1, 0.15) is 5.69 Å². The molecule has 96 valence electrons. The molecule has 1 N–H and O–H groups in total. The van der Waals surface area contributed by atoms with Crippen molar-refractivity contribution in [3.63, 3.8) is 0 Å². The van der Waals surface area contributed by atoms with Crippen molar-refractivity contribution in [2.24, 2.45) is 7.05 Å². The standard InChI is InChI=1S/C16H16N2S/c1-18-10-4-6-13(18)12-17-15-8-3-2-7-14(15)16-9-5-11-19-16/h2-11,17H,12H2,1H3. The van der Waals surface area contributed by atoms with Crippen LogP contribution in [0.3, 0.4) is 0 Å². The summed E-state index contributed by atoms with van der Waals surface area (Å²) in [6.07, 6.45) is 2.07. The Morgan fingerprint density at radius 3 is 2.68 bits per heavy atom. The lowest BCUT2D eigenvalue weighted by Gasteiger charge is -2.11. The van der Waals surface area contributed by atoms with Crippen molar-refractivity contribution < 1.29 is 0 Å². The molecule has 3 aromatic rings. The van der Waals surface area contributed by atoms with Gasteiger partial charge in [0.2, 0.25) is 0 Å². The first-order valence-corrected chi connectivity index (χ1v) is 7.19. The van der Waals surface area contributed by atoms with Crippen molar-refractivity contribution in [2.75, 3.05) is 5.32 Å². The largest absolute Gasteiger partial charge is 0.379 e. The van der Waals surface area contributed by atoms with Crippen LogP contribution in [0.25, 0.3) is 10.4 Å². The number of aromatic nitrogens is 1. The number of hydrogen-bond acceptors (Lipinski definition) is 2. The lowest BCUT2D eigenvalue weighted by Crippen LogP contribution is -2.04. The summed E-state index contributed by atoms with van der Waals surface area (Å²) in [5, 5.41) is 5.64. The van der Waals surface area contributed by atoms with Gasteiger partial charge in [0.25, 0.3) is 0 Å². The van der Waals surface area contributed by atoms with E-state index in [9.17, 15) is 0 Å². The Morgan fingerprint density at radius 2 is 1.95 bits per heavy atom. The summed E-state index contributed by atoms with van der Waals surface area (Å²) in [7, 11) is 2.07. The van der Waals surface area contributed by atoms with Crippen molar-refractivity contribution in [1.82, 2.24) is 4.57 Å². The van der Waals surface area contributed by atoms with Gasteiger partial charge in [-0.2, -0.15) is 0 Å². The molecule has 2 nitrogen and oxygen atoms in total. The summed E-state index contributed by atoms with van der Waals surface area (Å²) in [6.45, 7) is 0.839. The minimum Gasteiger partial charge on any atom is -0.379 e. The molecule has 0 aliphatic carbocycles. The molecular weight excluding hydrogens is 252 g/mol. The van der Waals surface area contributed by atoms with Crippen LogP contribution >= 0.6 is 11.3 Å². The summed E-state index contributed by atoms with van der Waals surface area (Å²) >= 11 is 1.77. The molecular formula is C16H16N2S. The predicted octanol–water partition coefficient (Wildman–Crippen LogP) is 4.37. The molecule has 0 amide bonds. The Labute approximate surface area is 117 Å². The first-order chi connectivity index (χ1) is 9.34. The maximum absolute atomic E-state index is 3.53. The molecule has 1 aromatic carbocycles. The van der Waals surface area contributed by atoms with E-state index in [2.05, 4.69) is 77.0 Å². The van der Waals surface area contributed by atoms with Crippen LogP contribution < -0.4 is 5.32 Å². The van der Waals surface area contributed by atoms with E-state index in [1.807, 2.05) is 0 Å². The molecule has 19 heavy (non-hydrogen) atoms. The third-order valence-electron chi connectivity index (χ3n) is 3.22. The average Bonchev–Trinajstić information content (AvgIpc) is 3.08. The van der Waals surface area contributed by atoms with Crippen LogP contribution in [0.2, 0.25) is 0 Å². The van der Waals surface area contributed by atoms with Gasteiger partial charge in [-0.3, -0.25) is 0 Å². The van der Waals surface area contributed by atoms with Crippen LogP contribution in [0.5, 0.6) is 0 Å². The van der Waals surface area contributed by atoms with Crippen LogP contribution in [0.4, 0.5) is 5.69 Å². The highest BCUT2D eigenvalue weighted by Crippen LogP contribution is 2.31. The van der Waals surface area contributed by atoms with Gasteiger partial charge in [0, 0.05) is 35.1 Å². The zero-order chi connectivity index (χ0) is 13.1. The number of para-hydroxylation sites is 1. The maximum atomic E-state index is 3.53. The summed E-state index contributed by atoms with van der Waals surface area (Å²) in [5.41, 5.74) is 3.74. The number of nitrogens with zero attached hydrogens (tertiary/aromatic N) is 1. The molecule has 0 unspecified atom stereocenters. The number of benzene rings is 1. The van der Waals surface area contributed by atoms with Crippen LogP contribution in [-0.2, 0) is 13.6 Å². The van der Waals surface area contributed by atoms with Crippen LogP contribution in [-0.4, -0.2) is 4.57 Å². The second-order valence-electron chi connectivity index (χ2n) is 4.49. The highest BCUT2D eigenvalue weighted by atomic mass is 32.1. The quantitative estimate of drug-likeness (QED) is 0.743. The average molecular weight is 268 g/mol. The second-order valence-corrected chi connectivity index (χ2v) is 5.43. The monoisotopic (exact) mass is 268 g/mol. The Balaban J connectivity index is 1.84. The van der Waals surface area contributed by atoms with Crippen LogP contribution in [0.15, 0.2) is 60.1 Å². The smallest absolute Gasteiger partial charge is 0.0553 e. The third kappa shape index (κ3) is 2.56. The lowest BCUT2D eigenvalue weighted by atomic mass is 10.1. The SMILES string of the molecule is Cn1cccc1CNc1ccccc1-c1cccs1. The van der Waals surface area contributed by atoms with E-state index in [0.29, 0.717) is 0 Å². The van der Waals surface area contributed by atoms with Gasteiger partial charge in [-0.15, -0.1) is 11.3 Å². The van der Waals surface area contributed by atoms with E-state index in [1.165, 1.54) is 21.8 Å². The van der Waals surface area contributed by atoms with E-state index >= 15 is 0 Å². The molecule has 3 rings (SSSR count). The number of thiophene rings is 1. The van der Waals surface area contributed by atoms with Crippen molar-refractivity contribution in [3.05, 3.63) is 65.8 Å². The molecule has 0 saturated carbocycles. The topological polar surface area (TPSA) is 17.0 Å². The molecule has 3 heteroatoms. The van der Waals surface area contributed by atoms with E-state index in [1.54, 1.807) is 11.3 Å². The minimum absolute atomic E-state index is 0.839. The van der Waals surface area contributed by atoms with Gasteiger partial charge in [0.1, 0.15) is 0 Å². The van der Waals surface area contributed by atoms with Gasteiger partial charge in [-0.05, 0) is 29.6 Å². The lowest BCUT2D eigenvalue weighted by molar-refractivity contribution is 0.842. The molecule has 0 radical (unpaired) electrons. The maximum Gasteiger partial charge on any atom is 0.0553 e. The van der Waals surface area contributed by atoms with Gasteiger partial charge in [-0.1, -0.05) is 24.3 Å². The predicted molar refractivity (Wildman–Crippen MR) is 82.5 cm³/mol. The third-order valence-corrected chi connectivity index (χ3v) is 4.13. The molecule has 0 atom stereocenters. The number of hydrogen-bond donors (Lipinski definition) is 1. The summed E-state index contributed by atoms with van der Waals surface area (Å²) in [5.74, 6) is 0. The summed E-state index contributed by atoms with van der Waals surface area (Å²) < 4.78 is 2.14. The number of rotatable bonds is 4. The number of nitrogens with one attached hydrogen (secondary N) is 1. The van der Waals surface area contributed by atoms with Crippen molar-refractivity contribution in [1.29, 1.82) is 0 Å². The van der Waals surface area contributed by atoms with E-state index in [0.717, 1.165) is 6.54 Å². The normalized spacial score (nSPS) is 10.6. The molecule has 0 saturated heterocycles. The van der Waals surface area contributed by atoms with E-state index in [-0.39, 0.29) is 0 Å². The Bertz CT molecular complexity index is 653. The minimum atomic E-state index is 0.839. The summed E-state index contributed by atoms with van der Waals surface area (Å²) in [6, 6.07) is 16.9. The van der Waals surface area contributed by atoms with Crippen LogP contribution in [0, 0.1) is 0 Å². The fourth-order valence-corrected chi connectivity index (χ4v) is 2.92. The molecule has 0 bridgehead atoms. The number of aryl methyl sites for hydroxylation is 1. The zero-order valence-electron chi connectivity index (χ0n) is 10.8. The van der Waals surface area contributed by atoms with Gasteiger partial charge in [0.15, 0.2) is 0 Å². The molecule has 0 aliphatic rings. The fraction of sp³-hybridized carbons (Fsp3) is 0.125. The Hall–Kier alpha value is -2.00. The Kier molecular flexibility index (Phi) is 3.38. The zero-order valence-corrected chi connectivity index (χ0v) is 11.7. The fourth-order valence-electron chi connectivity index (χ4n) is 2.15. The van der Waals surface area contributed by atoms with Crippen molar-refractivity contribution >= 4 is 17.0 Å². The molecule has 0 spiro atoms. The molecule has 0 aliphatic heterocycles. The Morgan fingerprint density at radius 1 is 1.05 bits per heavy atom. The first-order valence-electron chi connectivity index (χ1n) is 6.31. The highest BCUT2D eigenvalue weighted by Gasteiger charge is 2.05. The van der Waals surface area contributed by atoms with Crippen molar-refractivity contribution in [2.45, 2.75) is 6.54 Å². The van der Waals surface area contributed by atoms with E-state index < -0.39 is 0 Å². The first kappa shape index (κ1) is 12.1. The van der Waals surface area contributed by atoms with E-state index in [4.69, 9.17) is 0 Å². The molecule has 2 heterocycles. The van der Waals surface area contributed by atoms with Gasteiger partial charge in [-0.25, -0.2) is 0 Å². The summed E-state index contributed by atoms with van der Waals surface area (Å²) in [4.78, 5) is 1.30. The number of anilines is 1. The second kappa shape index (κ2) is 5.33. The molecule has 0 fully saturated rings.